The molecule has 208 valence electrons. The third-order valence-electron chi connectivity index (χ3n) is 8.49. The Kier molecular flexibility index (Phi) is 7.55. The summed E-state index contributed by atoms with van der Waals surface area (Å²) < 4.78 is 8.30. The number of hydrogen-bond acceptors (Lipinski definition) is 6. The van der Waals surface area contributed by atoms with Gasteiger partial charge in [0.1, 0.15) is 29.3 Å². The molecular weight excluding hydrogens is 504 g/mol. The second kappa shape index (κ2) is 11.6. The number of ether oxygens (including phenoxy) is 1. The van der Waals surface area contributed by atoms with Gasteiger partial charge in [0.25, 0.3) is 0 Å². The third-order valence-corrected chi connectivity index (χ3v) is 8.49. The number of nitrogens with two attached hydrogens (primary N) is 1. The summed E-state index contributed by atoms with van der Waals surface area (Å²) in [6.45, 7) is 3.94. The molecule has 2 aromatic heterocycles. The minimum atomic E-state index is -0.806. The van der Waals surface area contributed by atoms with Crippen molar-refractivity contribution >= 4 is 22.9 Å². The molecule has 2 aromatic carbocycles. The van der Waals surface area contributed by atoms with Crippen LogP contribution in [0.25, 0.3) is 22.2 Å². The molecule has 4 aromatic rings. The molecule has 0 radical (unpaired) electrons. The lowest BCUT2D eigenvalue weighted by atomic mass is 9.84. The van der Waals surface area contributed by atoms with Gasteiger partial charge in [0.15, 0.2) is 0 Å². The number of para-hydroxylation sites is 1. The van der Waals surface area contributed by atoms with Gasteiger partial charge in [-0.05, 0) is 74.4 Å². The topological polar surface area (TPSA) is 110 Å². The molecule has 0 unspecified atom stereocenters. The summed E-state index contributed by atoms with van der Waals surface area (Å²) in [4.78, 5) is 24.1. The summed E-state index contributed by atoms with van der Waals surface area (Å²) >= 11 is 0. The van der Waals surface area contributed by atoms with Crippen LogP contribution < -0.4 is 10.5 Å². The number of nitrogens with zero attached hydrogens (tertiary/aromatic N) is 5. The van der Waals surface area contributed by atoms with E-state index in [4.69, 9.17) is 10.5 Å². The molecule has 0 spiro atoms. The molecule has 2 aliphatic rings. The maximum absolute atomic E-state index is 11.2. The number of anilines is 1. The minimum Gasteiger partial charge on any atom is -0.465 e. The van der Waals surface area contributed by atoms with Crippen molar-refractivity contribution in [2.75, 3.05) is 38.5 Å². The standard InChI is InChI=1S/C31H36N6O3/c32-29-28-27(23-8-12-26(13-9-23)40-25-4-2-1-3-5-25)20-37(30(28)34-21-33-29)24-10-6-22(7-11-24)14-15-35-16-18-36(19-17-35)31(38)39/h1-5,8-9,12-13,20-22,24H,6-7,10-11,14-19H2,(H,38,39)(H2,32,33,34). The lowest BCUT2D eigenvalue weighted by Crippen LogP contribution is -2.48. The minimum absolute atomic E-state index is 0.376. The number of piperazine rings is 1. The van der Waals surface area contributed by atoms with Gasteiger partial charge in [-0.1, -0.05) is 30.3 Å². The zero-order valence-corrected chi connectivity index (χ0v) is 22.7. The Morgan fingerprint density at radius 2 is 1.62 bits per heavy atom. The predicted octanol–water partition coefficient (Wildman–Crippen LogP) is 5.89. The maximum atomic E-state index is 11.2. The number of carboxylic acid groups (broad SMARTS) is 1. The molecule has 3 heterocycles. The molecule has 6 rings (SSSR count). The van der Waals surface area contributed by atoms with Crippen LogP contribution in [0.5, 0.6) is 11.5 Å². The summed E-state index contributed by atoms with van der Waals surface area (Å²) in [5.74, 6) is 2.79. The molecule has 1 aliphatic carbocycles. The largest absolute Gasteiger partial charge is 0.465 e. The van der Waals surface area contributed by atoms with Crippen molar-refractivity contribution in [3.63, 3.8) is 0 Å². The van der Waals surface area contributed by atoms with Crippen LogP contribution in [0.15, 0.2) is 67.1 Å². The van der Waals surface area contributed by atoms with Crippen molar-refractivity contribution in [3.8, 4) is 22.6 Å². The highest BCUT2D eigenvalue weighted by Gasteiger charge is 2.27. The Bertz CT molecular complexity index is 1440. The average molecular weight is 541 g/mol. The predicted molar refractivity (Wildman–Crippen MR) is 156 cm³/mol. The molecule has 1 saturated carbocycles. The van der Waals surface area contributed by atoms with Gasteiger partial charge in [0.05, 0.1) is 5.39 Å². The van der Waals surface area contributed by atoms with Crippen molar-refractivity contribution in [1.82, 2.24) is 24.3 Å². The molecule has 9 nitrogen and oxygen atoms in total. The summed E-state index contributed by atoms with van der Waals surface area (Å²) in [5.41, 5.74) is 9.39. The van der Waals surface area contributed by atoms with Gasteiger partial charge in [-0.25, -0.2) is 14.8 Å². The van der Waals surface area contributed by atoms with E-state index in [-0.39, 0.29) is 0 Å². The highest BCUT2D eigenvalue weighted by atomic mass is 16.5. The van der Waals surface area contributed by atoms with E-state index in [9.17, 15) is 9.90 Å². The van der Waals surface area contributed by atoms with E-state index in [1.807, 2.05) is 42.5 Å². The van der Waals surface area contributed by atoms with Crippen molar-refractivity contribution in [1.29, 1.82) is 0 Å². The van der Waals surface area contributed by atoms with E-state index >= 15 is 0 Å². The van der Waals surface area contributed by atoms with Crippen LogP contribution in [-0.4, -0.2) is 68.3 Å². The first-order valence-corrected chi connectivity index (χ1v) is 14.2. The molecule has 0 atom stereocenters. The maximum Gasteiger partial charge on any atom is 0.407 e. The van der Waals surface area contributed by atoms with Crippen molar-refractivity contribution in [2.24, 2.45) is 5.92 Å². The smallest absolute Gasteiger partial charge is 0.407 e. The molecule has 2 fully saturated rings. The van der Waals surface area contributed by atoms with Crippen LogP contribution in [-0.2, 0) is 0 Å². The number of fused-ring (bicyclic) bond motifs is 1. The first-order valence-electron chi connectivity index (χ1n) is 14.2. The number of hydrogen-bond donors (Lipinski definition) is 2. The number of carbonyl (C=O) groups is 1. The number of benzene rings is 2. The fraction of sp³-hybridized carbons (Fsp3) is 0.387. The molecule has 1 saturated heterocycles. The Balaban J connectivity index is 1.12. The molecule has 9 heteroatoms. The lowest BCUT2D eigenvalue weighted by molar-refractivity contribution is 0.101. The van der Waals surface area contributed by atoms with Crippen molar-refractivity contribution in [3.05, 3.63) is 67.1 Å². The molecule has 40 heavy (non-hydrogen) atoms. The Morgan fingerprint density at radius 1 is 0.925 bits per heavy atom. The fourth-order valence-electron chi connectivity index (χ4n) is 6.17. The van der Waals surface area contributed by atoms with E-state index in [0.29, 0.717) is 30.9 Å². The molecule has 1 amide bonds. The van der Waals surface area contributed by atoms with Gasteiger partial charge in [-0.2, -0.15) is 0 Å². The van der Waals surface area contributed by atoms with Gasteiger partial charge in [0.2, 0.25) is 0 Å². The first kappa shape index (κ1) is 26.1. The summed E-state index contributed by atoms with van der Waals surface area (Å²) in [6, 6.07) is 18.2. The fourth-order valence-corrected chi connectivity index (χ4v) is 6.17. The average Bonchev–Trinajstić information content (AvgIpc) is 3.38. The zero-order chi connectivity index (χ0) is 27.5. The van der Waals surface area contributed by atoms with E-state index in [0.717, 1.165) is 66.1 Å². The van der Waals surface area contributed by atoms with Crippen LogP contribution in [0.1, 0.15) is 38.1 Å². The molecule has 3 N–H and O–H groups in total. The van der Waals surface area contributed by atoms with Crippen LogP contribution in [0.2, 0.25) is 0 Å². The van der Waals surface area contributed by atoms with Crippen LogP contribution in [0.3, 0.4) is 0 Å². The summed E-state index contributed by atoms with van der Waals surface area (Å²) in [7, 11) is 0. The third kappa shape index (κ3) is 5.60. The summed E-state index contributed by atoms with van der Waals surface area (Å²) in [5, 5.41) is 10.1. The molecular formula is C31H36N6O3. The zero-order valence-electron chi connectivity index (χ0n) is 22.7. The Morgan fingerprint density at radius 3 is 2.33 bits per heavy atom. The lowest BCUT2D eigenvalue weighted by Gasteiger charge is -2.35. The van der Waals surface area contributed by atoms with Gasteiger partial charge in [-0.15, -0.1) is 0 Å². The monoisotopic (exact) mass is 540 g/mol. The van der Waals surface area contributed by atoms with Crippen LogP contribution in [0, 0.1) is 5.92 Å². The van der Waals surface area contributed by atoms with Crippen molar-refractivity contribution < 1.29 is 14.6 Å². The van der Waals surface area contributed by atoms with Crippen LogP contribution >= 0.6 is 0 Å². The number of rotatable bonds is 7. The van der Waals surface area contributed by atoms with E-state index in [1.54, 1.807) is 6.33 Å². The second-order valence-corrected chi connectivity index (χ2v) is 10.9. The SMILES string of the molecule is Nc1ncnc2c1c(-c1ccc(Oc3ccccc3)cc1)cn2C1CCC(CCN2CCN(C(=O)O)CC2)CC1. The first-order chi connectivity index (χ1) is 19.5. The van der Waals surface area contributed by atoms with E-state index in [2.05, 4.69) is 37.8 Å². The normalized spacial score (nSPS) is 20.1. The Hall–Kier alpha value is -4.11. The van der Waals surface area contributed by atoms with Crippen LogP contribution in [0.4, 0.5) is 10.6 Å². The quantitative estimate of drug-likeness (QED) is 0.301. The molecule has 0 bridgehead atoms. The highest BCUT2D eigenvalue weighted by molar-refractivity contribution is 6.00. The van der Waals surface area contributed by atoms with Gasteiger partial charge >= 0.3 is 6.09 Å². The van der Waals surface area contributed by atoms with Gasteiger partial charge in [0, 0.05) is 44.0 Å². The molecule has 1 aliphatic heterocycles. The summed E-state index contributed by atoms with van der Waals surface area (Å²) in [6.07, 6.45) is 8.70. The van der Waals surface area contributed by atoms with Gasteiger partial charge in [-0.3, -0.25) is 4.90 Å². The number of amides is 1. The van der Waals surface area contributed by atoms with Crippen molar-refractivity contribution in [2.45, 2.75) is 38.1 Å². The highest BCUT2D eigenvalue weighted by Crippen LogP contribution is 2.40. The second-order valence-electron chi connectivity index (χ2n) is 10.9. The number of nitrogen functional groups attached to an aromatic ring is 1. The Labute approximate surface area is 234 Å². The van der Waals surface area contributed by atoms with Gasteiger partial charge < -0.3 is 25.0 Å². The number of aromatic nitrogens is 3. The van der Waals surface area contributed by atoms with E-state index in [1.165, 1.54) is 24.2 Å². The van der Waals surface area contributed by atoms with E-state index < -0.39 is 6.09 Å².